The number of nitro benzene ring substituents is 1. The molecule has 1 saturated heterocycles. The molecule has 0 bridgehead atoms. The van der Waals surface area contributed by atoms with Crippen molar-refractivity contribution in [1.82, 2.24) is 24.7 Å². The molecule has 10 heteroatoms. The molecule has 0 radical (unpaired) electrons. The number of piperazine rings is 1. The molecule has 2 aromatic heterocycles. The normalized spacial score (nSPS) is 14.0. The highest BCUT2D eigenvalue weighted by Crippen LogP contribution is 2.21. The zero-order valence-corrected chi connectivity index (χ0v) is 17.0. The number of nitro groups is 1. The van der Waals surface area contributed by atoms with E-state index in [9.17, 15) is 14.9 Å². The molecule has 0 saturated carbocycles. The molecule has 0 atom stereocenters. The van der Waals surface area contributed by atoms with Crippen molar-refractivity contribution in [1.29, 1.82) is 0 Å². The lowest BCUT2D eigenvalue weighted by Gasteiger charge is -2.35. The number of anilines is 1. The van der Waals surface area contributed by atoms with Crippen LogP contribution in [0, 0.1) is 10.1 Å². The predicted octanol–water partition coefficient (Wildman–Crippen LogP) is 2.66. The van der Waals surface area contributed by atoms with Gasteiger partial charge in [0.25, 0.3) is 11.6 Å². The summed E-state index contributed by atoms with van der Waals surface area (Å²) in [5.41, 5.74) is 2.01. The van der Waals surface area contributed by atoms with E-state index in [1.807, 2.05) is 42.5 Å². The molecular formula is C22H19N7O3. The van der Waals surface area contributed by atoms with Gasteiger partial charge in [-0.3, -0.25) is 14.9 Å². The first kappa shape index (κ1) is 19.6. The fraction of sp³-hybridized carbons (Fsp3) is 0.182. The molecule has 0 N–H and O–H groups in total. The number of hydrogen-bond acceptors (Lipinski definition) is 7. The second-order valence-electron chi connectivity index (χ2n) is 7.43. The first-order chi connectivity index (χ1) is 15.6. The molecule has 160 valence electrons. The average Bonchev–Trinajstić information content (AvgIpc) is 3.27. The van der Waals surface area contributed by atoms with E-state index in [2.05, 4.69) is 15.1 Å². The third-order valence-corrected chi connectivity index (χ3v) is 5.50. The van der Waals surface area contributed by atoms with Crippen molar-refractivity contribution in [3.8, 4) is 11.4 Å². The summed E-state index contributed by atoms with van der Waals surface area (Å²) in [5, 5.41) is 24.0. The number of carbonyl (C=O) groups is 1. The first-order valence-corrected chi connectivity index (χ1v) is 10.2. The van der Waals surface area contributed by atoms with E-state index < -0.39 is 4.92 Å². The van der Waals surface area contributed by atoms with Crippen LogP contribution < -0.4 is 4.90 Å². The summed E-state index contributed by atoms with van der Waals surface area (Å²) in [7, 11) is 0. The van der Waals surface area contributed by atoms with E-state index in [-0.39, 0.29) is 11.6 Å². The number of non-ortho nitro benzene ring substituents is 1. The molecule has 32 heavy (non-hydrogen) atoms. The van der Waals surface area contributed by atoms with Crippen LogP contribution in [0.3, 0.4) is 0 Å². The van der Waals surface area contributed by atoms with Gasteiger partial charge in [-0.2, -0.15) is 4.52 Å². The maximum absolute atomic E-state index is 12.8. The molecule has 2 aromatic carbocycles. The van der Waals surface area contributed by atoms with Crippen LogP contribution in [0.2, 0.25) is 0 Å². The molecule has 0 unspecified atom stereocenters. The lowest BCUT2D eigenvalue weighted by Crippen LogP contribution is -2.49. The molecule has 1 aliphatic heterocycles. The third kappa shape index (κ3) is 3.62. The minimum absolute atomic E-state index is 0.0308. The van der Waals surface area contributed by atoms with Crippen LogP contribution in [-0.4, -0.2) is 61.7 Å². The van der Waals surface area contributed by atoms with E-state index in [1.54, 1.807) is 9.42 Å². The Hall–Kier alpha value is -4.34. The van der Waals surface area contributed by atoms with Crippen LogP contribution in [-0.2, 0) is 0 Å². The summed E-state index contributed by atoms with van der Waals surface area (Å²) in [6.45, 7) is 2.31. The monoisotopic (exact) mass is 429 g/mol. The van der Waals surface area contributed by atoms with Crippen LogP contribution in [0.5, 0.6) is 0 Å². The van der Waals surface area contributed by atoms with E-state index >= 15 is 0 Å². The van der Waals surface area contributed by atoms with Crippen molar-refractivity contribution in [2.45, 2.75) is 0 Å². The van der Waals surface area contributed by atoms with Crippen LogP contribution in [0.15, 0.2) is 66.7 Å². The Morgan fingerprint density at radius 1 is 0.875 bits per heavy atom. The zero-order valence-electron chi connectivity index (χ0n) is 17.0. The second kappa shape index (κ2) is 8.06. The molecule has 10 nitrogen and oxygen atoms in total. The molecule has 0 spiro atoms. The summed E-state index contributed by atoms with van der Waals surface area (Å²) < 4.78 is 1.74. The summed E-state index contributed by atoms with van der Waals surface area (Å²) in [6.07, 6.45) is 0. The zero-order chi connectivity index (χ0) is 22.1. The highest BCUT2D eigenvalue weighted by atomic mass is 16.6. The molecule has 1 aliphatic rings. The number of carbonyl (C=O) groups excluding carboxylic acids is 1. The van der Waals surface area contributed by atoms with Crippen LogP contribution in [0.1, 0.15) is 10.4 Å². The second-order valence-corrected chi connectivity index (χ2v) is 7.43. The van der Waals surface area contributed by atoms with Crippen molar-refractivity contribution in [2.24, 2.45) is 0 Å². The maximum atomic E-state index is 12.8. The number of benzene rings is 2. The fourth-order valence-corrected chi connectivity index (χ4v) is 3.76. The van der Waals surface area contributed by atoms with Gasteiger partial charge in [0.1, 0.15) is 5.82 Å². The standard InChI is InChI=1S/C22H19N7O3/c30-22(17-6-8-18(9-7-17)29(31)32)27-14-12-26(13-15-27)20-11-10-19-23-24-21(28(19)25-20)16-4-2-1-3-5-16/h1-11H,12-15H2. The maximum Gasteiger partial charge on any atom is 0.269 e. The SMILES string of the molecule is O=C(c1ccc([N+](=O)[O-])cc1)N1CCN(c2ccc3nnc(-c4ccccc4)n3n2)CC1. The highest BCUT2D eigenvalue weighted by molar-refractivity contribution is 5.94. The topological polar surface area (TPSA) is 110 Å². The molecular weight excluding hydrogens is 410 g/mol. The predicted molar refractivity (Wildman–Crippen MR) is 117 cm³/mol. The van der Waals surface area contributed by atoms with Gasteiger partial charge in [-0.05, 0) is 24.3 Å². The molecule has 1 fully saturated rings. The average molecular weight is 429 g/mol. The highest BCUT2D eigenvalue weighted by Gasteiger charge is 2.24. The summed E-state index contributed by atoms with van der Waals surface area (Å²) in [5.74, 6) is 1.33. The first-order valence-electron chi connectivity index (χ1n) is 10.2. The Morgan fingerprint density at radius 2 is 1.59 bits per heavy atom. The van der Waals surface area contributed by atoms with Gasteiger partial charge in [-0.25, -0.2) is 0 Å². The quantitative estimate of drug-likeness (QED) is 0.362. The molecule has 4 aromatic rings. The van der Waals surface area contributed by atoms with Gasteiger partial charge in [0, 0.05) is 49.4 Å². The molecule has 5 rings (SSSR count). The fourth-order valence-electron chi connectivity index (χ4n) is 3.76. The Bertz CT molecular complexity index is 1280. The van der Waals surface area contributed by atoms with E-state index in [0.29, 0.717) is 43.2 Å². The van der Waals surface area contributed by atoms with Gasteiger partial charge >= 0.3 is 0 Å². The van der Waals surface area contributed by atoms with Crippen LogP contribution in [0.4, 0.5) is 11.5 Å². The summed E-state index contributed by atoms with van der Waals surface area (Å²) in [4.78, 5) is 27.0. The summed E-state index contributed by atoms with van der Waals surface area (Å²) in [6, 6.07) is 19.3. The minimum atomic E-state index is -0.476. The van der Waals surface area contributed by atoms with E-state index in [4.69, 9.17) is 5.10 Å². The van der Waals surface area contributed by atoms with Gasteiger partial charge in [0.2, 0.25) is 0 Å². The van der Waals surface area contributed by atoms with Crippen molar-refractivity contribution in [3.63, 3.8) is 0 Å². The Morgan fingerprint density at radius 3 is 2.28 bits per heavy atom. The van der Waals surface area contributed by atoms with Gasteiger partial charge in [-0.15, -0.1) is 15.3 Å². The Kier molecular flexibility index (Phi) is 4.94. The molecule has 1 amide bonds. The molecule has 0 aliphatic carbocycles. The van der Waals surface area contributed by atoms with E-state index in [1.165, 1.54) is 24.3 Å². The van der Waals surface area contributed by atoms with Crippen molar-refractivity contribution < 1.29 is 9.72 Å². The lowest BCUT2D eigenvalue weighted by atomic mass is 10.1. The molecule has 3 heterocycles. The summed E-state index contributed by atoms with van der Waals surface area (Å²) >= 11 is 0. The minimum Gasteiger partial charge on any atom is -0.352 e. The van der Waals surface area contributed by atoms with Gasteiger partial charge < -0.3 is 9.80 Å². The number of rotatable bonds is 4. The van der Waals surface area contributed by atoms with Crippen molar-refractivity contribution in [2.75, 3.05) is 31.1 Å². The van der Waals surface area contributed by atoms with Gasteiger partial charge in [0.05, 0.1) is 4.92 Å². The van der Waals surface area contributed by atoms with Crippen LogP contribution in [0.25, 0.3) is 17.0 Å². The number of aromatic nitrogens is 4. The lowest BCUT2D eigenvalue weighted by molar-refractivity contribution is -0.384. The van der Waals surface area contributed by atoms with Crippen molar-refractivity contribution >= 4 is 23.1 Å². The van der Waals surface area contributed by atoms with E-state index in [0.717, 1.165) is 11.4 Å². The number of amides is 1. The van der Waals surface area contributed by atoms with Crippen LogP contribution >= 0.6 is 0 Å². The Balaban J connectivity index is 1.31. The van der Waals surface area contributed by atoms with Gasteiger partial charge in [0.15, 0.2) is 11.5 Å². The van der Waals surface area contributed by atoms with Crippen molar-refractivity contribution in [3.05, 3.63) is 82.4 Å². The Labute approximate surface area is 182 Å². The number of hydrogen-bond donors (Lipinski definition) is 0. The largest absolute Gasteiger partial charge is 0.352 e. The van der Waals surface area contributed by atoms with Gasteiger partial charge in [-0.1, -0.05) is 30.3 Å². The number of nitrogens with zero attached hydrogens (tertiary/aromatic N) is 7. The smallest absolute Gasteiger partial charge is 0.269 e. The third-order valence-electron chi connectivity index (χ3n) is 5.50. The number of fused-ring (bicyclic) bond motifs is 1.